The fraction of sp³-hybridized carbons (Fsp3) is 0.214. The smallest absolute Gasteiger partial charge is 0.343 e. The summed E-state index contributed by atoms with van der Waals surface area (Å²) in [5, 5.41) is 3.72. The van der Waals surface area contributed by atoms with Gasteiger partial charge in [0.25, 0.3) is 0 Å². The third-order valence-electron chi connectivity index (χ3n) is 2.57. The first-order valence-electron chi connectivity index (χ1n) is 6.25. The average Bonchev–Trinajstić information content (AvgIpc) is 2.49. The topological polar surface area (TPSA) is 64.1 Å². The van der Waals surface area contributed by atoms with Crippen LogP contribution in [0.4, 0.5) is 11.5 Å². The summed E-state index contributed by atoms with van der Waals surface area (Å²) in [5.74, 6) is -0.0144. The van der Waals surface area contributed by atoms with Crippen LogP contribution in [0, 0.1) is 0 Å². The van der Waals surface area contributed by atoms with E-state index in [1.807, 2.05) is 30.5 Å². The molecule has 0 saturated heterocycles. The van der Waals surface area contributed by atoms with E-state index in [0.717, 1.165) is 10.2 Å². The van der Waals surface area contributed by atoms with Crippen LogP contribution in [0.1, 0.15) is 17.3 Å². The van der Waals surface area contributed by atoms with Gasteiger partial charge in [-0.1, -0.05) is 23.9 Å². The Morgan fingerprint density at radius 1 is 1.43 bits per heavy atom. The highest BCUT2D eigenvalue weighted by Crippen LogP contribution is 2.27. The molecule has 1 heterocycles. The first-order chi connectivity index (χ1) is 10.2. The van der Waals surface area contributed by atoms with E-state index < -0.39 is 5.97 Å². The van der Waals surface area contributed by atoms with Crippen LogP contribution in [0.5, 0.6) is 0 Å². The molecule has 1 aromatic heterocycles. The number of rotatable bonds is 5. The molecule has 110 valence electrons. The van der Waals surface area contributed by atoms with Gasteiger partial charge in [-0.25, -0.2) is 14.8 Å². The number of nitrogens with zero attached hydrogens (tertiary/aromatic N) is 2. The van der Waals surface area contributed by atoms with Crippen LogP contribution in [0.25, 0.3) is 0 Å². The van der Waals surface area contributed by atoms with Crippen molar-refractivity contribution in [1.29, 1.82) is 0 Å². The molecule has 1 N–H and O–H groups in total. The first kappa shape index (κ1) is 15.8. The van der Waals surface area contributed by atoms with Crippen molar-refractivity contribution < 1.29 is 9.53 Å². The molecule has 5 nitrogen and oxygen atoms in total. The van der Waals surface area contributed by atoms with E-state index in [9.17, 15) is 4.79 Å². The summed E-state index contributed by atoms with van der Waals surface area (Å²) >= 11 is 4.86. The predicted octanol–water partition coefficient (Wildman–Crippen LogP) is 3.88. The fourth-order valence-electron chi connectivity index (χ4n) is 1.61. The molecule has 2 aromatic rings. The number of carbonyl (C=O) groups is 1. The van der Waals surface area contributed by atoms with E-state index in [0.29, 0.717) is 23.1 Å². The normalized spacial score (nSPS) is 10.2. The van der Waals surface area contributed by atoms with E-state index >= 15 is 0 Å². The third kappa shape index (κ3) is 3.95. The van der Waals surface area contributed by atoms with Gasteiger partial charge in [0.15, 0.2) is 5.16 Å². The second kappa shape index (κ2) is 7.42. The lowest BCUT2D eigenvalue weighted by Crippen LogP contribution is -2.11. The molecule has 0 unspecified atom stereocenters. The van der Waals surface area contributed by atoms with Crippen molar-refractivity contribution >= 4 is 45.2 Å². The van der Waals surface area contributed by atoms with Crippen LogP contribution in [-0.4, -0.2) is 28.8 Å². The summed E-state index contributed by atoms with van der Waals surface area (Å²) in [5.41, 5.74) is 1.12. The Labute approximate surface area is 135 Å². The fourth-order valence-corrected chi connectivity index (χ4v) is 2.33. The summed E-state index contributed by atoms with van der Waals surface area (Å²) in [6.45, 7) is 2.06. The van der Waals surface area contributed by atoms with Crippen molar-refractivity contribution in [1.82, 2.24) is 9.97 Å². The van der Waals surface area contributed by atoms with Crippen LogP contribution >= 0.6 is 27.7 Å². The third-order valence-corrected chi connectivity index (χ3v) is 3.82. The minimum atomic E-state index is -0.445. The Kier molecular flexibility index (Phi) is 5.58. The maximum atomic E-state index is 12.0. The number of thioether (sulfide) groups is 1. The number of para-hydroxylation sites is 1. The van der Waals surface area contributed by atoms with E-state index in [1.165, 1.54) is 18.0 Å². The van der Waals surface area contributed by atoms with Gasteiger partial charge in [0.1, 0.15) is 11.4 Å². The quantitative estimate of drug-likeness (QED) is 0.491. The standard InChI is InChI=1S/C14H14BrN3O2S/c1-3-20-13(19)9-8-16-14(21-2)18-12(9)17-11-7-5-4-6-10(11)15/h4-8H,3H2,1-2H3,(H,16,17,18). The summed E-state index contributed by atoms with van der Waals surface area (Å²) in [6, 6.07) is 7.60. The summed E-state index contributed by atoms with van der Waals surface area (Å²) in [6.07, 6.45) is 3.36. The Hall–Kier alpha value is -1.60. The van der Waals surface area contributed by atoms with Crippen molar-refractivity contribution in [2.24, 2.45) is 0 Å². The Balaban J connectivity index is 2.39. The van der Waals surface area contributed by atoms with Gasteiger partial charge in [0, 0.05) is 10.7 Å². The van der Waals surface area contributed by atoms with E-state index in [2.05, 4.69) is 31.2 Å². The monoisotopic (exact) mass is 367 g/mol. The average molecular weight is 368 g/mol. The van der Waals surface area contributed by atoms with Crippen molar-refractivity contribution in [3.8, 4) is 0 Å². The second-order valence-corrected chi connectivity index (χ2v) is 5.57. The molecular formula is C14H14BrN3O2S. The van der Waals surface area contributed by atoms with Gasteiger partial charge in [0.05, 0.1) is 12.3 Å². The first-order valence-corrected chi connectivity index (χ1v) is 8.27. The summed E-state index contributed by atoms with van der Waals surface area (Å²) in [7, 11) is 0. The molecule has 0 amide bonds. The predicted molar refractivity (Wildman–Crippen MR) is 87.2 cm³/mol. The van der Waals surface area contributed by atoms with E-state index in [1.54, 1.807) is 6.92 Å². The molecule has 0 radical (unpaired) electrons. The number of carbonyl (C=O) groups excluding carboxylic acids is 1. The lowest BCUT2D eigenvalue weighted by molar-refractivity contribution is 0.0526. The van der Waals surface area contributed by atoms with Crippen LogP contribution < -0.4 is 5.32 Å². The molecule has 1 aromatic carbocycles. The van der Waals surface area contributed by atoms with Crippen molar-refractivity contribution in [2.75, 3.05) is 18.2 Å². The van der Waals surface area contributed by atoms with E-state index in [4.69, 9.17) is 4.74 Å². The van der Waals surface area contributed by atoms with Gasteiger partial charge in [-0.3, -0.25) is 0 Å². The number of ether oxygens (including phenoxy) is 1. The number of hydrogen-bond acceptors (Lipinski definition) is 6. The second-order valence-electron chi connectivity index (χ2n) is 3.94. The minimum Gasteiger partial charge on any atom is -0.462 e. The minimum absolute atomic E-state index is 0.303. The van der Waals surface area contributed by atoms with Crippen LogP contribution in [0.15, 0.2) is 40.1 Å². The van der Waals surface area contributed by atoms with Crippen molar-refractivity contribution in [3.05, 3.63) is 40.5 Å². The lowest BCUT2D eigenvalue weighted by Gasteiger charge is -2.12. The van der Waals surface area contributed by atoms with Gasteiger partial charge in [-0.05, 0) is 41.2 Å². The van der Waals surface area contributed by atoms with Crippen LogP contribution in [-0.2, 0) is 4.74 Å². The van der Waals surface area contributed by atoms with Gasteiger partial charge < -0.3 is 10.1 Å². The number of anilines is 2. The highest BCUT2D eigenvalue weighted by molar-refractivity contribution is 9.10. The number of hydrogen-bond donors (Lipinski definition) is 1. The Morgan fingerprint density at radius 2 is 2.19 bits per heavy atom. The lowest BCUT2D eigenvalue weighted by atomic mass is 10.2. The Morgan fingerprint density at radius 3 is 2.86 bits per heavy atom. The molecule has 0 aliphatic rings. The van der Waals surface area contributed by atoms with Crippen LogP contribution in [0.3, 0.4) is 0 Å². The largest absolute Gasteiger partial charge is 0.462 e. The van der Waals surface area contributed by atoms with Gasteiger partial charge in [0.2, 0.25) is 0 Å². The summed E-state index contributed by atoms with van der Waals surface area (Å²) < 4.78 is 5.91. The van der Waals surface area contributed by atoms with Gasteiger partial charge in [-0.15, -0.1) is 0 Å². The zero-order valence-electron chi connectivity index (χ0n) is 11.6. The van der Waals surface area contributed by atoms with E-state index in [-0.39, 0.29) is 0 Å². The zero-order valence-corrected chi connectivity index (χ0v) is 14.0. The zero-order chi connectivity index (χ0) is 15.2. The molecule has 0 fully saturated rings. The maximum Gasteiger partial charge on any atom is 0.343 e. The molecule has 0 aliphatic carbocycles. The molecule has 7 heteroatoms. The van der Waals surface area contributed by atoms with Gasteiger partial charge in [-0.2, -0.15) is 0 Å². The molecule has 21 heavy (non-hydrogen) atoms. The van der Waals surface area contributed by atoms with Crippen LogP contribution in [0.2, 0.25) is 0 Å². The molecule has 0 spiro atoms. The summed E-state index contributed by atoms with van der Waals surface area (Å²) in [4.78, 5) is 20.5. The maximum absolute atomic E-state index is 12.0. The molecule has 0 aliphatic heterocycles. The number of benzene rings is 1. The Bertz CT molecular complexity index is 652. The molecule has 0 saturated carbocycles. The SMILES string of the molecule is CCOC(=O)c1cnc(SC)nc1Nc1ccccc1Br. The number of halogens is 1. The number of aromatic nitrogens is 2. The molecule has 0 bridgehead atoms. The number of nitrogens with one attached hydrogen (secondary N) is 1. The highest BCUT2D eigenvalue weighted by Gasteiger charge is 2.16. The van der Waals surface area contributed by atoms with Gasteiger partial charge >= 0.3 is 5.97 Å². The molecular weight excluding hydrogens is 354 g/mol. The van der Waals surface area contributed by atoms with Crippen molar-refractivity contribution in [2.45, 2.75) is 12.1 Å². The number of esters is 1. The molecule has 0 atom stereocenters. The molecule has 2 rings (SSSR count). The highest BCUT2D eigenvalue weighted by atomic mass is 79.9. The van der Waals surface area contributed by atoms with Crippen molar-refractivity contribution in [3.63, 3.8) is 0 Å².